The van der Waals surface area contributed by atoms with Crippen molar-refractivity contribution in [1.82, 2.24) is 24.3 Å². The summed E-state index contributed by atoms with van der Waals surface area (Å²) in [5.74, 6) is 0.0740. The average Bonchev–Trinajstić information content (AvgIpc) is 3.22. The first-order valence-electron chi connectivity index (χ1n) is 11.2. The van der Waals surface area contributed by atoms with Crippen LogP contribution in [-0.4, -0.2) is 75.7 Å². The van der Waals surface area contributed by atoms with Gasteiger partial charge in [-0.2, -0.15) is 0 Å². The monoisotopic (exact) mass is 419 g/mol. The molecule has 4 heterocycles. The molecule has 31 heavy (non-hydrogen) atoms. The Labute approximate surface area is 182 Å². The fraction of sp³-hybridized carbons (Fsp3) is 0.458. The molecule has 1 atom stereocenters. The zero-order valence-corrected chi connectivity index (χ0v) is 17.8. The highest BCUT2D eigenvalue weighted by Crippen LogP contribution is 2.22. The van der Waals surface area contributed by atoms with E-state index in [1.165, 1.54) is 12.0 Å². The SMILES string of the molecule is O=C(c1cnc2c(c1)ncn2Cc1ccccc1)N1CCCCC1CN1CCOCC1. The van der Waals surface area contributed by atoms with Crippen molar-refractivity contribution in [1.29, 1.82) is 0 Å². The van der Waals surface area contributed by atoms with Crippen molar-refractivity contribution in [3.8, 4) is 0 Å². The first kappa shape index (κ1) is 20.2. The number of fused-ring (bicyclic) bond motifs is 1. The van der Waals surface area contributed by atoms with Crippen molar-refractivity contribution >= 4 is 17.1 Å². The predicted octanol–water partition coefficient (Wildman–Crippen LogP) is 2.81. The maximum absolute atomic E-state index is 13.4. The van der Waals surface area contributed by atoms with Crippen LogP contribution in [0.15, 0.2) is 48.9 Å². The molecule has 0 saturated carbocycles. The molecular formula is C24H29N5O2. The van der Waals surface area contributed by atoms with Crippen LogP contribution in [0, 0.1) is 0 Å². The number of hydrogen-bond donors (Lipinski definition) is 0. The van der Waals surface area contributed by atoms with Crippen LogP contribution in [0.4, 0.5) is 0 Å². The maximum atomic E-state index is 13.4. The largest absolute Gasteiger partial charge is 0.379 e. The Bertz CT molecular complexity index is 1030. The number of morpholine rings is 1. The first-order valence-corrected chi connectivity index (χ1v) is 11.2. The van der Waals surface area contributed by atoms with E-state index in [1.54, 1.807) is 12.5 Å². The highest BCUT2D eigenvalue weighted by Gasteiger charge is 2.30. The van der Waals surface area contributed by atoms with Gasteiger partial charge in [0.15, 0.2) is 5.65 Å². The number of amides is 1. The number of piperidine rings is 1. The summed E-state index contributed by atoms with van der Waals surface area (Å²) in [6.45, 7) is 5.92. The molecule has 1 aromatic carbocycles. The van der Waals surface area contributed by atoms with Gasteiger partial charge in [-0.3, -0.25) is 9.69 Å². The zero-order valence-electron chi connectivity index (χ0n) is 17.8. The molecule has 2 saturated heterocycles. The molecule has 7 heteroatoms. The van der Waals surface area contributed by atoms with Crippen LogP contribution in [0.5, 0.6) is 0 Å². The summed E-state index contributed by atoms with van der Waals surface area (Å²) >= 11 is 0. The molecule has 3 aromatic rings. The topological polar surface area (TPSA) is 63.5 Å². The summed E-state index contributed by atoms with van der Waals surface area (Å²) in [4.78, 5) is 27.0. The molecule has 7 nitrogen and oxygen atoms in total. The molecule has 162 valence electrons. The van der Waals surface area contributed by atoms with E-state index < -0.39 is 0 Å². The minimum absolute atomic E-state index is 0.0740. The number of aromatic nitrogens is 3. The van der Waals surface area contributed by atoms with Gasteiger partial charge in [0.1, 0.15) is 5.52 Å². The van der Waals surface area contributed by atoms with Crippen LogP contribution < -0.4 is 0 Å². The molecular weight excluding hydrogens is 390 g/mol. The van der Waals surface area contributed by atoms with Crippen molar-refractivity contribution in [2.24, 2.45) is 0 Å². The molecule has 0 aliphatic carbocycles. The Morgan fingerprint density at radius 1 is 1.06 bits per heavy atom. The second-order valence-electron chi connectivity index (χ2n) is 8.49. The van der Waals surface area contributed by atoms with Gasteiger partial charge in [-0.25, -0.2) is 9.97 Å². The maximum Gasteiger partial charge on any atom is 0.255 e. The number of rotatable bonds is 5. The lowest BCUT2D eigenvalue weighted by molar-refractivity contribution is 0.0166. The van der Waals surface area contributed by atoms with Gasteiger partial charge in [0.25, 0.3) is 5.91 Å². The summed E-state index contributed by atoms with van der Waals surface area (Å²) in [6.07, 6.45) is 6.83. The van der Waals surface area contributed by atoms with E-state index in [0.29, 0.717) is 12.1 Å². The Morgan fingerprint density at radius 2 is 1.90 bits per heavy atom. The third-order valence-electron chi connectivity index (χ3n) is 6.36. The van der Waals surface area contributed by atoms with E-state index in [0.717, 1.165) is 63.4 Å². The standard InChI is InChI=1S/C24H29N5O2/c30-24(29-9-5-4-8-21(29)17-27-10-12-31-13-11-27)20-14-22-23(25-15-20)28(18-26-22)16-19-6-2-1-3-7-19/h1-3,6-7,14-15,18,21H,4-5,8-13,16-17H2. The van der Waals surface area contributed by atoms with Crippen molar-refractivity contribution < 1.29 is 9.53 Å². The second kappa shape index (κ2) is 9.16. The fourth-order valence-corrected chi connectivity index (χ4v) is 4.67. The number of pyridine rings is 1. The number of likely N-dealkylation sites (tertiary alicyclic amines) is 1. The van der Waals surface area contributed by atoms with Crippen LogP contribution in [0.2, 0.25) is 0 Å². The van der Waals surface area contributed by atoms with E-state index in [4.69, 9.17) is 4.74 Å². The van der Waals surface area contributed by atoms with E-state index >= 15 is 0 Å². The Kier molecular flexibility index (Phi) is 5.95. The summed E-state index contributed by atoms with van der Waals surface area (Å²) in [5, 5.41) is 0. The van der Waals surface area contributed by atoms with Crippen LogP contribution in [0.1, 0.15) is 35.2 Å². The molecule has 0 spiro atoms. The van der Waals surface area contributed by atoms with E-state index in [1.807, 2.05) is 28.8 Å². The molecule has 0 bridgehead atoms. The lowest BCUT2D eigenvalue weighted by Gasteiger charge is -2.39. The van der Waals surface area contributed by atoms with Gasteiger partial charge in [0.2, 0.25) is 0 Å². The third-order valence-corrected chi connectivity index (χ3v) is 6.36. The average molecular weight is 420 g/mol. The number of carbonyl (C=O) groups is 1. The van der Waals surface area contributed by atoms with Gasteiger partial charge >= 0.3 is 0 Å². The summed E-state index contributed by atoms with van der Waals surface area (Å²) in [7, 11) is 0. The van der Waals surface area contributed by atoms with Crippen LogP contribution in [0.25, 0.3) is 11.2 Å². The molecule has 1 amide bonds. The van der Waals surface area contributed by atoms with Crippen molar-refractivity contribution in [3.05, 3.63) is 60.0 Å². The lowest BCUT2D eigenvalue weighted by atomic mass is 10.00. The van der Waals surface area contributed by atoms with Gasteiger partial charge in [-0.15, -0.1) is 0 Å². The quantitative estimate of drug-likeness (QED) is 0.636. The van der Waals surface area contributed by atoms with Crippen molar-refractivity contribution in [3.63, 3.8) is 0 Å². The highest BCUT2D eigenvalue weighted by molar-refractivity contribution is 5.96. The smallest absolute Gasteiger partial charge is 0.255 e. The molecule has 0 N–H and O–H groups in total. The third kappa shape index (κ3) is 4.48. The molecule has 5 rings (SSSR count). The number of benzene rings is 1. The van der Waals surface area contributed by atoms with Gasteiger partial charge in [-0.1, -0.05) is 30.3 Å². The minimum atomic E-state index is 0.0740. The van der Waals surface area contributed by atoms with E-state index in [-0.39, 0.29) is 11.9 Å². The number of ether oxygens (including phenoxy) is 1. The molecule has 2 aliphatic heterocycles. The lowest BCUT2D eigenvalue weighted by Crippen LogP contribution is -2.51. The molecule has 2 fully saturated rings. The van der Waals surface area contributed by atoms with Crippen LogP contribution in [0.3, 0.4) is 0 Å². The van der Waals surface area contributed by atoms with Crippen LogP contribution >= 0.6 is 0 Å². The second-order valence-corrected chi connectivity index (χ2v) is 8.49. The Balaban J connectivity index is 1.33. The molecule has 2 aliphatic rings. The summed E-state index contributed by atoms with van der Waals surface area (Å²) in [6, 6.07) is 12.4. The normalized spacial score (nSPS) is 20.3. The molecule has 1 unspecified atom stereocenters. The molecule has 0 radical (unpaired) electrons. The number of imidazole rings is 1. The van der Waals surface area contributed by atoms with Gasteiger partial charge < -0.3 is 14.2 Å². The van der Waals surface area contributed by atoms with E-state index in [2.05, 4.69) is 31.9 Å². The zero-order chi connectivity index (χ0) is 21.0. The first-order chi connectivity index (χ1) is 15.3. The Hall–Kier alpha value is -2.77. The van der Waals surface area contributed by atoms with Gasteiger partial charge in [0, 0.05) is 38.4 Å². The minimum Gasteiger partial charge on any atom is -0.379 e. The number of hydrogen-bond acceptors (Lipinski definition) is 5. The molecule has 2 aromatic heterocycles. The fourth-order valence-electron chi connectivity index (χ4n) is 4.67. The van der Waals surface area contributed by atoms with E-state index in [9.17, 15) is 4.79 Å². The summed E-state index contributed by atoms with van der Waals surface area (Å²) < 4.78 is 7.50. The van der Waals surface area contributed by atoms with Gasteiger partial charge in [0.05, 0.1) is 31.6 Å². The van der Waals surface area contributed by atoms with Gasteiger partial charge in [-0.05, 0) is 30.9 Å². The van der Waals surface area contributed by atoms with Crippen molar-refractivity contribution in [2.45, 2.75) is 31.8 Å². The number of carbonyl (C=O) groups excluding carboxylic acids is 1. The summed E-state index contributed by atoms with van der Waals surface area (Å²) in [5.41, 5.74) is 3.40. The Morgan fingerprint density at radius 3 is 2.74 bits per heavy atom. The van der Waals surface area contributed by atoms with Crippen molar-refractivity contribution in [2.75, 3.05) is 39.4 Å². The van der Waals surface area contributed by atoms with Crippen LogP contribution in [-0.2, 0) is 11.3 Å². The number of nitrogens with zero attached hydrogens (tertiary/aromatic N) is 5. The predicted molar refractivity (Wildman–Crippen MR) is 119 cm³/mol. The highest BCUT2D eigenvalue weighted by atomic mass is 16.5.